The van der Waals surface area contributed by atoms with Gasteiger partial charge in [0.25, 0.3) is 0 Å². The van der Waals surface area contributed by atoms with Gasteiger partial charge in [-0.1, -0.05) is 6.92 Å². The standard InChI is InChI=1S/C7H14O4/c1-4-6(10-5-2)7(8)11-9-3/h6H,4-5H2,1-3H3. The quantitative estimate of drug-likeness (QED) is 0.445. The van der Waals surface area contributed by atoms with E-state index >= 15 is 0 Å². The zero-order valence-corrected chi connectivity index (χ0v) is 7.12. The second kappa shape index (κ2) is 6.12. The molecule has 0 aromatic heterocycles. The second-order valence-corrected chi connectivity index (χ2v) is 1.92. The van der Waals surface area contributed by atoms with Crippen LogP contribution in [0.2, 0.25) is 0 Å². The van der Waals surface area contributed by atoms with Crippen LogP contribution in [0.5, 0.6) is 0 Å². The molecule has 0 heterocycles. The molecular formula is C7H14O4. The van der Waals surface area contributed by atoms with Crippen molar-refractivity contribution in [3.63, 3.8) is 0 Å². The van der Waals surface area contributed by atoms with Crippen LogP contribution < -0.4 is 0 Å². The molecule has 0 saturated carbocycles. The molecule has 0 amide bonds. The van der Waals surface area contributed by atoms with E-state index in [1.165, 1.54) is 7.11 Å². The molecule has 1 unspecified atom stereocenters. The van der Waals surface area contributed by atoms with E-state index in [1.54, 1.807) is 0 Å². The lowest BCUT2D eigenvalue weighted by Gasteiger charge is -2.10. The minimum atomic E-state index is -0.500. The van der Waals surface area contributed by atoms with E-state index in [2.05, 4.69) is 9.78 Å². The third-order valence-corrected chi connectivity index (χ3v) is 1.17. The fraction of sp³-hybridized carbons (Fsp3) is 0.857. The van der Waals surface area contributed by atoms with Gasteiger partial charge in [0.2, 0.25) is 0 Å². The fourth-order valence-electron chi connectivity index (χ4n) is 0.690. The molecule has 0 radical (unpaired) electrons. The molecule has 0 N–H and O–H groups in total. The van der Waals surface area contributed by atoms with Crippen molar-refractivity contribution in [2.75, 3.05) is 13.7 Å². The Morgan fingerprint density at radius 1 is 1.45 bits per heavy atom. The summed E-state index contributed by atoms with van der Waals surface area (Å²) in [4.78, 5) is 19.4. The lowest BCUT2D eigenvalue weighted by molar-refractivity contribution is -0.263. The zero-order chi connectivity index (χ0) is 8.69. The van der Waals surface area contributed by atoms with Crippen LogP contribution in [-0.2, 0) is 19.3 Å². The summed E-state index contributed by atoms with van der Waals surface area (Å²) in [6.07, 6.45) is 0.0932. The van der Waals surface area contributed by atoms with E-state index in [0.717, 1.165) is 0 Å². The van der Waals surface area contributed by atoms with E-state index < -0.39 is 12.1 Å². The van der Waals surface area contributed by atoms with Crippen molar-refractivity contribution >= 4 is 5.97 Å². The van der Waals surface area contributed by atoms with Crippen LogP contribution in [-0.4, -0.2) is 25.8 Å². The first-order valence-electron chi connectivity index (χ1n) is 3.62. The molecule has 0 spiro atoms. The highest BCUT2D eigenvalue weighted by molar-refractivity contribution is 5.73. The Balaban J connectivity index is 3.71. The van der Waals surface area contributed by atoms with E-state index in [9.17, 15) is 4.79 Å². The number of hydrogen-bond acceptors (Lipinski definition) is 4. The Kier molecular flexibility index (Phi) is 5.78. The molecule has 4 heteroatoms. The maximum atomic E-state index is 10.9. The molecule has 0 aliphatic rings. The molecule has 0 fully saturated rings. The third-order valence-electron chi connectivity index (χ3n) is 1.17. The summed E-state index contributed by atoms with van der Waals surface area (Å²) in [6, 6.07) is 0. The topological polar surface area (TPSA) is 44.8 Å². The van der Waals surface area contributed by atoms with Gasteiger partial charge >= 0.3 is 5.97 Å². The van der Waals surface area contributed by atoms with Crippen LogP contribution >= 0.6 is 0 Å². The predicted octanol–water partition coefficient (Wildman–Crippen LogP) is 0.906. The minimum absolute atomic E-state index is 0.475. The highest BCUT2D eigenvalue weighted by Gasteiger charge is 2.18. The summed E-state index contributed by atoms with van der Waals surface area (Å²) in [5.41, 5.74) is 0. The van der Waals surface area contributed by atoms with Crippen molar-refractivity contribution in [2.24, 2.45) is 0 Å². The number of carbonyl (C=O) groups is 1. The van der Waals surface area contributed by atoms with Crippen molar-refractivity contribution in [3.8, 4) is 0 Å². The summed E-state index contributed by atoms with van der Waals surface area (Å²) in [5, 5.41) is 0. The van der Waals surface area contributed by atoms with Crippen LogP contribution in [0.15, 0.2) is 0 Å². The Labute approximate surface area is 66.4 Å². The number of ether oxygens (including phenoxy) is 1. The molecule has 0 aromatic carbocycles. The minimum Gasteiger partial charge on any atom is -0.367 e. The van der Waals surface area contributed by atoms with E-state index in [-0.39, 0.29) is 0 Å². The van der Waals surface area contributed by atoms with Gasteiger partial charge in [0.15, 0.2) is 6.10 Å². The lowest BCUT2D eigenvalue weighted by Crippen LogP contribution is -2.25. The maximum Gasteiger partial charge on any atom is 0.370 e. The molecule has 0 aromatic rings. The number of carbonyl (C=O) groups excluding carboxylic acids is 1. The van der Waals surface area contributed by atoms with E-state index in [1.807, 2.05) is 13.8 Å². The van der Waals surface area contributed by atoms with Crippen molar-refractivity contribution in [3.05, 3.63) is 0 Å². The number of rotatable bonds is 5. The van der Waals surface area contributed by atoms with Crippen molar-refractivity contribution in [1.29, 1.82) is 0 Å². The van der Waals surface area contributed by atoms with Crippen molar-refractivity contribution in [1.82, 2.24) is 0 Å². The maximum absolute atomic E-state index is 10.9. The highest BCUT2D eigenvalue weighted by Crippen LogP contribution is 2.00. The first kappa shape index (κ1) is 10.4. The van der Waals surface area contributed by atoms with Gasteiger partial charge in [0.05, 0.1) is 7.11 Å². The molecule has 11 heavy (non-hydrogen) atoms. The Morgan fingerprint density at radius 2 is 2.09 bits per heavy atom. The van der Waals surface area contributed by atoms with Crippen molar-refractivity contribution < 1.29 is 19.3 Å². The fourth-order valence-corrected chi connectivity index (χ4v) is 0.690. The normalized spacial score (nSPS) is 12.6. The Bertz CT molecular complexity index is 113. The van der Waals surface area contributed by atoms with Crippen molar-refractivity contribution in [2.45, 2.75) is 26.4 Å². The zero-order valence-electron chi connectivity index (χ0n) is 7.12. The average molecular weight is 162 g/mol. The molecular weight excluding hydrogens is 148 g/mol. The van der Waals surface area contributed by atoms with E-state index in [0.29, 0.717) is 13.0 Å². The smallest absolute Gasteiger partial charge is 0.367 e. The molecule has 0 aliphatic carbocycles. The first-order chi connectivity index (χ1) is 5.26. The van der Waals surface area contributed by atoms with Crippen LogP contribution in [0.25, 0.3) is 0 Å². The van der Waals surface area contributed by atoms with Gasteiger partial charge in [-0.15, -0.1) is 0 Å². The first-order valence-corrected chi connectivity index (χ1v) is 3.62. The molecule has 0 aliphatic heterocycles. The summed E-state index contributed by atoms with van der Waals surface area (Å²) in [5.74, 6) is -0.475. The number of hydrogen-bond donors (Lipinski definition) is 0. The van der Waals surface area contributed by atoms with Crippen LogP contribution in [0.1, 0.15) is 20.3 Å². The molecule has 0 saturated heterocycles. The molecule has 0 rings (SSSR count). The summed E-state index contributed by atoms with van der Waals surface area (Å²) >= 11 is 0. The van der Waals surface area contributed by atoms with Crippen LogP contribution in [0.4, 0.5) is 0 Å². The monoisotopic (exact) mass is 162 g/mol. The Hall–Kier alpha value is -0.610. The average Bonchev–Trinajstić information content (AvgIpc) is 2.00. The summed E-state index contributed by atoms with van der Waals surface area (Å²) in [6.45, 7) is 4.16. The summed E-state index contributed by atoms with van der Waals surface area (Å²) in [7, 11) is 1.29. The van der Waals surface area contributed by atoms with Gasteiger partial charge in [-0.2, -0.15) is 4.89 Å². The molecule has 0 bridgehead atoms. The summed E-state index contributed by atoms with van der Waals surface area (Å²) < 4.78 is 5.05. The second-order valence-electron chi connectivity index (χ2n) is 1.92. The SMILES string of the molecule is CCOC(CC)C(=O)OOC. The molecule has 66 valence electrons. The van der Waals surface area contributed by atoms with Gasteiger partial charge in [-0.05, 0) is 13.3 Å². The van der Waals surface area contributed by atoms with Gasteiger partial charge in [0, 0.05) is 6.61 Å². The Morgan fingerprint density at radius 3 is 2.45 bits per heavy atom. The highest BCUT2D eigenvalue weighted by atomic mass is 17.2. The predicted molar refractivity (Wildman–Crippen MR) is 38.8 cm³/mol. The van der Waals surface area contributed by atoms with Gasteiger partial charge in [-0.25, -0.2) is 4.79 Å². The third kappa shape index (κ3) is 3.95. The lowest BCUT2D eigenvalue weighted by atomic mass is 10.3. The van der Waals surface area contributed by atoms with E-state index in [4.69, 9.17) is 4.74 Å². The van der Waals surface area contributed by atoms with Gasteiger partial charge in [-0.3, -0.25) is 4.89 Å². The molecule has 1 atom stereocenters. The van der Waals surface area contributed by atoms with Crippen LogP contribution in [0.3, 0.4) is 0 Å². The largest absolute Gasteiger partial charge is 0.370 e. The molecule has 4 nitrogen and oxygen atoms in total. The van der Waals surface area contributed by atoms with Gasteiger partial charge in [0.1, 0.15) is 0 Å². The van der Waals surface area contributed by atoms with Gasteiger partial charge < -0.3 is 4.74 Å². The van der Waals surface area contributed by atoms with Crippen LogP contribution in [0, 0.1) is 0 Å².